The summed E-state index contributed by atoms with van der Waals surface area (Å²) >= 11 is 0. The lowest BCUT2D eigenvalue weighted by Crippen LogP contribution is -2.32. The third-order valence-electron chi connectivity index (χ3n) is 4.81. The molecule has 1 fully saturated rings. The summed E-state index contributed by atoms with van der Waals surface area (Å²) in [7, 11) is 3.30. The lowest BCUT2D eigenvalue weighted by molar-refractivity contribution is 0.203. The molecule has 24 heavy (non-hydrogen) atoms. The molecular weight excluding hydrogens is 302 g/mol. The average molecular weight is 327 g/mol. The van der Waals surface area contributed by atoms with Crippen LogP contribution in [0.5, 0.6) is 11.8 Å². The van der Waals surface area contributed by atoms with Crippen molar-refractivity contribution >= 4 is 0 Å². The summed E-state index contributed by atoms with van der Waals surface area (Å²) in [5, 5.41) is 0. The molecule has 128 valence electrons. The Kier molecular flexibility index (Phi) is 5.30. The highest BCUT2D eigenvalue weighted by atomic mass is 16.5. The number of rotatable bonds is 5. The Balaban J connectivity index is 1.56. The van der Waals surface area contributed by atoms with Crippen LogP contribution in [0.3, 0.4) is 0 Å². The van der Waals surface area contributed by atoms with Gasteiger partial charge in [0.25, 0.3) is 0 Å². The number of aromatic nitrogens is 2. The second-order valence-electron chi connectivity index (χ2n) is 6.29. The number of methoxy groups -OCH3 is 2. The summed E-state index contributed by atoms with van der Waals surface area (Å²) in [4.78, 5) is 11.1. The number of likely N-dealkylation sites (tertiary alicyclic amines) is 1. The van der Waals surface area contributed by atoms with E-state index in [-0.39, 0.29) is 0 Å². The average Bonchev–Trinajstić information content (AvgIpc) is 2.64. The smallest absolute Gasteiger partial charge is 0.316 e. The van der Waals surface area contributed by atoms with E-state index in [0.29, 0.717) is 11.9 Å². The Morgan fingerprint density at radius 3 is 2.38 bits per heavy atom. The molecule has 1 aromatic heterocycles. The summed E-state index contributed by atoms with van der Waals surface area (Å²) in [5.41, 5.74) is 3.59. The Morgan fingerprint density at radius 2 is 1.79 bits per heavy atom. The standard InChI is InChI=1S/C19H25N3O2/c1-14-17(12-20-19(21-14)24-3)13-22-10-8-16(9-11-22)15-4-6-18(23-2)7-5-15/h4-7,12,16H,8-11,13H2,1-3H3. The van der Waals surface area contributed by atoms with Crippen LogP contribution in [-0.2, 0) is 6.54 Å². The predicted octanol–water partition coefficient (Wildman–Crippen LogP) is 3.18. The Hall–Kier alpha value is -2.14. The molecule has 0 radical (unpaired) electrons. The minimum absolute atomic E-state index is 0.439. The van der Waals surface area contributed by atoms with Gasteiger partial charge in [0.15, 0.2) is 0 Å². The second-order valence-corrected chi connectivity index (χ2v) is 6.29. The van der Waals surface area contributed by atoms with E-state index in [1.165, 1.54) is 24.0 Å². The zero-order valence-electron chi connectivity index (χ0n) is 14.7. The third-order valence-corrected chi connectivity index (χ3v) is 4.81. The molecule has 0 saturated carbocycles. The van der Waals surface area contributed by atoms with Crippen molar-refractivity contribution in [2.45, 2.75) is 32.2 Å². The van der Waals surface area contributed by atoms with Crippen LogP contribution < -0.4 is 9.47 Å². The maximum Gasteiger partial charge on any atom is 0.316 e. The van der Waals surface area contributed by atoms with Crippen molar-refractivity contribution < 1.29 is 9.47 Å². The molecule has 1 aliphatic rings. The predicted molar refractivity (Wildman–Crippen MR) is 93.6 cm³/mol. The first-order chi connectivity index (χ1) is 11.7. The van der Waals surface area contributed by atoms with Gasteiger partial charge in [-0.05, 0) is 56.5 Å². The van der Waals surface area contributed by atoms with Gasteiger partial charge < -0.3 is 9.47 Å². The minimum Gasteiger partial charge on any atom is -0.497 e. The number of piperidine rings is 1. The van der Waals surface area contributed by atoms with Gasteiger partial charge in [0, 0.05) is 24.0 Å². The Bertz CT molecular complexity index is 665. The first-order valence-electron chi connectivity index (χ1n) is 8.42. The number of nitrogens with zero attached hydrogens (tertiary/aromatic N) is 3. The molecular formula is C19H25N3O2. The Morgan fingerprint density at radius 1 is 1.08 bits per heavy atom. The lowest BCUT2D eigenvalue weighted by Gasteiger charge is -2.32. The first-order valence-corrected chi connectivity index (χ1v) is 8.42. The second kappa shape index (κ2) is 7.62. The molecule has 0 unspecified atom stereocenters. The molecule has 1 aliphatic heterocycles. The SMILES string of the molecule is COc1ccc(C2CCN(Cc3cnc(OC)nc3C)CC2)cc1. The van der Waals surface area contributed by atoms with Gasteiger partial charge >= 0.3 is 6.01 Å². The van der Waals surface area contributed by atoms with Gasteiger partial charge in [-0.3, -0.25) is 4.90 Å². The zero-order valence-corrected chi connectivity index (χ0v) is 14.7. The molecule has 2 heterocycles. The van der Waals surface area contributed by atoms with E-state index in [9.17, 15) is 0 Å². The van der Waals surface area contributed by atoms with Gasteiger partial charge in [-0.15, -0.1) is 0 Å². The largest absolute Gasteiger partial charge is 0.497 e. The first kappa shape index (κ1) is 16.7. The fourth-order valence-electron chi connectivity index (χ4n) is 3.27. The van der Waals surface area contributed by atoms with Crippen LogP contribution in [0.1, 0.15) is 35.6 Å². The van der Waals surface area contributed by atoms with Crippen LogP contribution in [0.2, 0.25) is 0 Å². The van der Waals surface area contributed by atoms with Crippen LogP contribution in [0.25, 0.3) is 0 Å². The van der Waals surface area contributed by atoms with Crippen LogP contribution in [0.4, 0.5) is 0 Å². The van der Waals surface area contributed by atoms with E-state index >= 15 is 0 Å². The van der Waals surface area contributed by atoms with E-state index in [1.807, 2.05) is 13.1 Å². The number of ether oxygens (including phenoxy) is 2. The molecule has 0 atom stereocenters. The molecule has 5 heteroatoms. The quantitative estimate of drug-likeness (QED) is 0.844. The van der Waals surface area contributed by atoms with Gasteiger partial charge in [0.1, 0.15) is 5.75 Å². The van der Waals surface area contributed by atoms with E-state index in [1.54, 1.807) is 14.2 Å². The van der Waals surface area contributed by atoms with Crippen molar-refractivity contribution in [1.82, 2.24) is 14.9 Å². The molecule has 1 saturated heterocycles. The zero-order chi connectivity index (χ0) is 16.9. The topological polar surface area (TPSA) is 47.5 Å². The molecule has 5 nitrogen and oxygen atoms in total. The fraction of sp³-hybridized carbons (Fsp3) is 0.474. The minimum atomic E-state index is 0.439. The van der Waals surface area contributed by atoms with Crippen molar-refractivity contribution in [1.29, 1.82) is 0 Å². The third kappa shape index (κ3) is 3.85. The highest BCUT2D eigenvalue weighted by molar-refractivity contribution is 5.29. The van der Waals surface area contributed by atoms with Crippen LogP contribution in [0, 0.1) is 6.92 Å². The fourth-order valence-corrected chi connectivity index (χ4v) is 3.27. The van der Waals surface area contributed by atoms with Crippen molar-refractivity contribution in [3.63, 3.8) is 0 Å². The van der Waals surface area contributed by atoms with E-state index in [0.717, 1.165) is 31.1 Å². The van der Waals surface area contributed by atoms with Gasteiger partial charge in [0.2, 0.25) is 0 Å². The maximum absolute atomic E-state index is 5.24. The monoisotopic (exact) mass is 327 g/mol. The number of benzene rings is 1. The van der Waals surface area contributed by atoms with Gasteiger partial charge in [-0.1, -0.05) is 12.1 Å². The summed E-state index contributed by atoms with van der Waals surface area (Å²) in [5.74, 6) is 1.56. The highest BCUT2D eigenvalue weighted by Gasteiger charge is 2.21. The van der Waals surface area contributed by atoms with Crippen LogP contribution in [-0.4, -0.2) is 42.2 Å². The molecule has 0 amide bonds. The van der Waals surface area contributed by atoms with E-state index < -0.39 is 0 Å². The maximum atomic E-state index is 5.24. The van der Waals surface area contributed by atoms with Gasteiger partial charge in [-0.25, -0.2) is 9.97 Å². The van der Waals surface area contributed by atoms with Crippen molar-refractivity contribution in [3.05, 3.63) is 47.3 Å². The normalized spacial score (nSPS) is 16.1. The van der Waals surface area contributed by atoms with Gasteiger partial charge in [-0.2, -0.15) is 0 Å². The Labute approximate surface area is 143 Å². The number of hydrogen-bond acceptors (Lipinski definition) is 5. The van der Waals surface area contributed by atoms with E-state index in [2.05, 4.69) is 39.1 Å². The molecule has 0 N–H and O–H groups in total. The van der Waals surface area contributed by atoms with Crippen molar-refractivity contribution in [2.24, 2.45) is 0 Å². The number of aryl methyl sites for hydroxylation is 1. The molecule has 0 aliphatic carbocycles. The summed E-state index contributed by atoms with van der Waals surface area (Å²) < 4.78 is 10.3. The summed E-state index contributed by atoms with van der Waals surface area (Å²) in [6.45, 7) is 5.12. The molecule has 0 bridgehead atoms. The molecule has 1 aromatic carbocycles. The highest BCUT2D eigenvalue weighted by Crippen LogP contribution is 2.29. The number of hydrogen-bond donors (Lipinski definition) is 0. The molecule has 2 aromatic rings. The lowest BCUT2D eigenvalue weighted by atomic mass is 9.89. The molecule has 3 rings (SSSR count). The summed E-state index contributed by atoms with van der Waals surface area (Å²) in [6, 6.07) is 8.94. The van der Waals surface area contributed by atoms with Crippen LogP contribution in [0.15, 0.2) is 30.5 Å². The van der Waals surface area contributed by atoms with Crippen molar-refractivity contribution in [2.75, 3.05) is 27.3 Å². The van der Waals surface area contributed by atoms with Gasteiger partial charge in [0.05, 0.1) is 14.2 Å². The van der Waals surface area contributed by atoms with E-state index in [4.69, 9.17) is 9.47 Å². The summed E-state index contributed by atoms with van der Waals surface area (Å²) in [6.07, 6.45) is 4.25. The van der Waals surface area contributed by atoms with Crippen molar-refractivity contribution in [3.8, 4) is 11.8 Å². The van der Waals surface area contributed by atoms with Crippen LogP contribution >= 0.6 is 0 Å². The molecule has 0 spiro atoms.